The molecule has 0 unspecified atom stereocenters. The fraction of sp³-hybridized carbons (Fsp3) is 0.462. The van der Waals surface area contributed by atoms with Gasteiger partial charge in [0.15, 0.2) is 17.0 Å². The van der Waals surface area contributed by atoms with E-state index in [2.05, 4.69) is 30.0 Å². The molecule has 3 aromatic rings. The minimum absolute atomic E-state index is 0.434. The van der Waals surface area contributed by atoms with Crippen molar-refractivity contribution in [1.82, 2.24) is 29.7 Å². The van der Waals surface area contributed by atoms with Crippen molar-refractivity contribution < 1.29 is 9.15 Å². The Morgan fingerprint density at radius 3 is 2.83 bits per heavy atom. The van der Waals surface area contributed by atoms with Gasteiger partial charge in [-0.25, -0.2) is 15.0 Å². The van der Waals surface area contributed by atoms with Gasteiger partial charge in [-0.15, -0.1) is 10.2 Å². The van der Waals surface area contributed by atoms with E-state index in [1.54, 1.807) is 12.7 Å². The molecule has 1 fully saturated rings. The normalized spacial score (nSPS) is 15.4. The average molecular weight is 333 g/mol. The van der Waals surface area contributed by atoms with E-state index in [9.17, 15) is 0 Å². The molecule has 0 aromatic carbocycles. The Bertz CT molecular complexity index is 812. The van der Waals surface area contributed by atoms with E-state index in [-0.39, 0.29) is 0 Å². The summed E-state index contributed by atoms with van der Waals surface area (Å²) < 4.78 is 12.8. The predicted molar refractivity (Wildman–Crippen MR) is 83.5 cm³/mol. The van der Waals surface area contributed by atoms with Gasteiger partial charge in [0, 0.05) is 13.1 Å². The predicted octanol–water partition coefficient (Wildman–Crippen LogP) is 0.816. The summed E-state index contributed by atoms with van der Waals surface area (Å²) in [7, 11) is 0. The third-order valence-electron chi connectivity index (χ3n) is 3.62. The van der Waals surface area contributed by atoms with Gasteiger partial charge < -0.3 is 18.6 Å². The summed E-state index contributed by atoms with van der Waals surface area (Å²) in [5.41, 5.74) is 1.53. The summed E-state index contributed by atoms with van der Waals surface area (Å²) in [6.07, 6.45) is 5.18. The van der Waals surface area contributed by atoms with Crippen LogP contribution >= 0.6 is 11.8 Å². The molecule has 0 atom stereocenters. The van der Waals surface area contributed by atoms with Crippen molar-refractivity contribution in [3.63, 3.8) is 0 Å². The first kappa shape index (κ1) is 14.4. The third-order valence-corrected chi connectivity index (χ3v) is 4.14. The van der Waals surface area contributed by atoms with Crippen LogP contribution in [0.15, 0.2) is 22.3 Å². The topological polar surface area (TPSA) is 95.0 Å². The monoisotopic (exact) mass is 333 g/mol. The first-order valence-corrected chi connectivity index (χ1v) is 8.42. The van der Waals surface area contributed by atoms with Crippen LogP contribution in [0, 0.1) is 0 Å². The third kappa shape index (κ3) is 2.75. The van der Waals surface area contributed by atoms with Crippen LogP contribution in [0.5, 0.6) is 0 Å². The maximum absolute atomic E-state index is 5.52. The first-order chi connectivity index (χ1) is 11.3. The standard InChI is InChI=1S/C13H15N7O2S/c1-23-13-18-17-9(22-13)6-20-8-16-10-11(14-7-15-12(10)20)19-2-4-21-5-3-19/h7-8H,2-6H2,1H3. The SMILES string of the molecule is CSc1nnc(Cn2cnc3c(N4CCOCC4)ncnc32)o1. The van der Waals surface area contributed by atoms with Crippen LogP contribution in [0.25, 0.3) is 11.2 Å². The number of nitrogens with zero attached hydrogens (tertiary/aromatic N) is 7. The zero-order chi connectivity index (χ0) is 15.6. The minimum atomic E-state index is 0.434. The second kappa shape index (κ2) is 6.13. The number of hydrogen-bond acceptors (Lipinski definition) is 9. The number of aromatic nitrogens is 6. The molecule has 23 heavy (non-hydrogen) atoms. The van der Waals surface area contributed by atoms with Crippen molar-refractivity contribution in [2.24, 2.45) is 0 Å². The van der Waals surface area contributed by atoms with Crippen LogP contribution in [0.2, 0.25) is 0 Å². The van der Waals surface area contributed by atoms with Crippen molar-refractivity contribution >= 4 is 28.7 Å². The summed E-state index contributed by atoms with van der Waals surface area (Å²) >= 11 is 1.42. The summed E-state index contributed by atoms with van der Waals surface area (Å²) in [6.45, 7) is 3.44. The molecule has 1 saturated heterocycles. The summed E-state index contributed by atoms with van der Waals surface area (Å²) in [6, 6.07) is 0. The molecule has 1 aliphatic rings. The van der Waals surface area contributed by atoms with E-state index in [1.807, 2.05) is 10.8 Å². The Hall–Kier alpha value is -2.20. The first-order valence-electron chi connectivity index (χ1n) is 7.20. The molecule has 0 bridgehead atoms. The Morgan fingerprint density at radius 1 is 1.17 bits per heavy atom. The lowest BCUT2D eigenvalue weighted by Gasteiger charge is -2.27. The van der Waals surface area contributed by atoms with E-state index < -0.39 is 0 Å². The number of fused-ring (bicyclic) bond motifs is 1. The van der Waals surface area contributed by atoms with Crippen molar-refractivity contribution in [2.45, 2.75) is 11.8 Å². The van der Waals surface area contributed by atoms with Crippen molar-refractivity contribution in [2.75, 3.05) is 37.5 Å². The largest absolute Gasteiger partial charge is 0.414 e. The highest BCUT2D eigenvalue weighted by Gasteiger charge is 2.19. The quantitative estimate of drug-likeness (QED) is 0.643. The Morgan fingerprint density at radius 2 is 2.04 bits per heavy atom. The fourth-order valence-corrected chi connectivity index (χ4v) is 2.82. The Kier molecular flexibility index (Phi) is 3.83. The van der Waals surface area contributed by atoms with E-state index in [0.717, 1.165) is 30.1 Å². The van der Waals surface area contributed by atoms with Crippen molar-refractivity contribution in [1.29, 1.82) is 0 Å². The number of morpholine rings is 1. The van der Waals surface area contributed by atoms with Crippen LogP contribution in [0.3, 0.4) is 0 Å². The molecule has 0 amide bonds. The van der Waals surface area contributed by atoms with Crippen LogP contribution in [-0.4, -0.2) is 62.3 Å². The van der Waals surface area contributed by atoms with Crippen LogP contribution < -0.4 is 4.90 Å². The van der Waals surface area contributed by atoms with Crippen LogP contribution in [0.1, 0.15) is 5.89 Å². The highest BCUT2D eigenvalue weighted by atomic mass is 32.2. The van der Waals surface area contributed by atoms with Crippen molar-refractivity contribution in [3.05, 3.63) is 18.5 Å². The molecule has 0 saturated carbocycles. The van der Waals surface area contributed by atoms with Gasteiger partial charge in [0.05, 0.1) is 19.5 Å². The van der Waals surface area contributed by atoms with Gasteiger partial charge in [-0.2, -0.15) is 0 Å². The summed E-state index contributed by atoms with van der Waals surface area (Å²) in [4.78, 5) is 15.4. The Balaban J connectivity index is 1.66. The van der Waals surface area contributed by atoms with Gasteiger partial charge in [0.25, 0.3) is 5.22 Å². The van der Waals surface area contributed by atoms with Crippen LogP contribution in [0.4, 0.5) is 5.82 Å². The number of imidazole rings is 1. The molecule has 0 spiro atoms. The molecule has 0 radical (unpaired) electrons. The zero-order valence-electron chi connectivity index (χ0n) is 12.5. The molecule has 120 valence electrons. The summed E-state index contributed by atoms with van der Waals surface area (Å²) in [5.74, 6) is 1.37. The van der Waals surface area contributed by atoms with E-state index in [0.29, 0.717) is 30.9 Å². The van der Waals surface area contributed by atoms with E-state index in [4.69, 9.17) is 9.15 Å². The van der Waals surface area contributed by atoms with E-state index in [1.165, 1.54) is 11.8 Å². The second-order valence-corrected chi connectivity index (χ2v) is 5.76. The van der Waals surface area contributed by atoms with Gasteiger partial charge in [0.2, 0.25) is 5.89 Å². The Labute approximate surface area is 136 Å². The molecule has 9 nitrogen and oxygen atoms in total. The lowest BCUT2D eigenvalue weighted by atomic mass is 10.4. The highest BCUT2D eigenvalue weighted by molar-refractivity contribution is 7.98. The fourth-order valence-electron chi connectivity index (χ4n) is 2.52. The maximum atomic E-state index is 5.52. The molecule has 4 heterocycles. The number of thioether (sulfide) groups is 1. The number of ether oxygens (including phenoxy) is 1. The van der Waals surface area contributed by atoms with Gasteiger partial charge in [-0.3, -0.25) is 0 Å². The molecule has 0 N–H and O–H groups in total. The molecule has 0 aliphatic carbocycles. The zero-order valence-corrected chi connectivity index (χ0v) is 13.4. The average Bonchev–Trinajstić information content (AvgIpc) is 3.23. The number of rotatable bonds is 4. The maximum Gasteiger partial charge on any atom is 0.276 e. The van der Waals surface area contributed by atoms with Gasteiger partial charge >= 0.3 is 0 Å². The van der Waals surface area contributed by atoms with Gasteiger partial charge in [-0.05, 0) is 6.26 Å². The molecule has 3 aromatic heterocycles. The second-order valence-electron chi connectivity index (χ2n) is 5.01. The molecular formula is C13H15N7O2S. The molecule has 4 rings (SSSR count). The number of hydrogen-bond donors (Lipinski definition) is 0. The van der Waals surface area contributed by atoms with E-state index >= 15 is 0 Å². The minimum Gasteiger partial charge on any atom is -0.414 e. The van der Waals surface area contributed by atoms with Crippen LogP contribution in [-0.2, 0) is 11.3 Å². The van der Waals surface area contributed by atoms with Crippen molar-refractivity contribution in [3.8, 4) is 0 Å². The lowest BCUT2D eigenvalue weighted by Crippen LogP contribution is -2.36. The van der Waals surface area contributed by atoms with Gasteiger partial charge in [-0.1, -0.05) is 11.8 Å². The summed E-state index contributed by atoms with van der Waals surface area (Å²) in [5, 5.41) is 8.52. The smallest absolute Gasteiger partial charge is 0.276 e. The highest BCUT2D eigenvalue weighted by Crippen LogP contribution is 2.23. The molecular weight excluding hydrogens is 318 g/mol. The lowest BCUT2D eigenvalue weighted by molar-refractivity contribution is 0.122. The molecule has 10 heteroatoms. The molecule has 1 aliphatic heterocycles. The van der Waals surface area contributed by atoms with Gasteiger partial charge in [0.1, 0.15) is 12.9 Å². The number of anilines is 1.